The third-order valence-electron chi connectivity index (χ3n) is 4.00. The molecule has 0 bridgehead atoms. The van der Waals surface area contributed by atoms with Crippen LogP contribution in [-0.2, 0) is 11.0 Å². The number of hydrogen-bond acceptors (Lipinski definition) is 1. The van der Waals surface area contributed by atoms with E-state index in [0.29, 0.717) is 5.66 Å². The van der Waals surface area contributed by atoms with Gasteiger partial charge in [-0.3, -0.25) is 0 Å². The van der Waals surface area contributed by atoms with E-state index < -0.39 is 7.14 Å². The normalized spacial score (nSPS) is 20.6. The van der Waals surface area contributed by atoms with Crippen LogP contribution in [0, 0.1) is 0 Å². The lowest BCUT2D eigenvalue weighted by molar-refractivity contribution is 0.564. The maximum atomic E-state index is 12.1. The maximum Gasteiger partial charge on any atom is 0.0851 e. The second-order valence-corrected chi connectivity index (χ2v) is 9.24. The highest BCUT2D eigenvalue weighted by Gasteiger charge is 2.25. The number of hydrogen-bond donors (Lipinski definition) is 0. The molecule has 1 nitrogen and oxygen atoms in total. The summed E-state index contributed by atoms with van der Waals surface area (Å²) in [5.41, 5.74) is 4.56. The van der Waals surface area contributed by atoms with Crippen molar-refractivity contribution in [2.24, 2.45) is 0 Å². The highest BCUT2D eigenvalue weighted by Crippen LogP contribution is 2.49. The molecule has 0 fully saturated rings. The zero-order valence-electron chi connectivity index (χ0n) is 11.6. The number of allylic oxidation sites excluding steroid dienone is 2. The summed E-state index contributed by atoms with van der Waals surface area (Å²) >= 11 is 0. The molecule has 0 spiro atoms. The standard InChI is InChI=1S/C16H23OP/c1-4-13-5-7-14(8-6-13)15-9-11-16(12-10-15)18(2,3)17/h5-9,16H,4,10-12H2,1-3H3. The van der Waals surface area contributed by atoms with Gasteiger partial charge >= 0.3 is 0 Å². The molecule has 0 saturated carbocycles. The van der Waals surface area contributed by atoms with Gasteiger partial charge in [0, 0.05) is 5.66 Å². The second kappa shape index (κ2) is 5.45. The third kappa shape index (κ3) is 3.14. The summed E-state index contributed by atoms with van der Waals surface area (Å²) in [6.07, 6.45) is 6.52. The van der Waals surface area contributed by atoms with Gasteiger partial charge in [-0.1, -0.05) is 37.3 Å². The third-order valence-corrected chi connectivity index (χ3v) is 6.22. The molecule has 1 atom stereocenters. The molecule has 18 heavy (non-hydrogen) atoms. The van der Waals surface area contributed by atoms with E-state index in [1.165, 1.54) is 16.7 Å². The smallest absolute Gasteiger partial charge is 0.0851 e. The van der Waals surface area contributed by atoms with Gasteiger partial charge in [-0.25, -0.2) is 0 Å². The van der Waals surface area contributed by atoms with Gasteiger partial charge in [-0.2, -0.15) is 0 Å². The van der Waals surface area contributed by atoms with E-state index in [4.69, 9.17) is 0 Å². The van der Waals surface area contributed by atoms with Gasteiger partial charge in [-0.15, -0.1) is 0 Å². The zero-order chi connectivity index (χ0) is 13.2. The lowest BCUT2D eigenvalue weighted by Crippen LogP contribution is -2.11. The minimum atomic E-state index is -1.92. The molecule has 2 rings (SSSR count). The number of benzene rings is 1. The van der Waals surface area contributed by atoms with Crippen molar-refractivity contribution in [3.63, 3.8) is 0 Å². The van der Waals surface area contributed by atoms with E-state index in [9.17, 15) is 4.57 Å². The van der Waals surface area contributed by atoms with Crippen molar-refractivity contribution >= 4 is 12.7 Å². The lowest BCUT2D eigenvalue weighted by atomic mass is 9.93. The fourth-order valence-electron chi connectivity index (χ4n) is 2.60. The minimum absolute atomic E-state index is 0.399. The highest BCUT2D eigenvalue weighted by atomic mass is 31.2. The van der Waals surface area contributed by atoms with Gasteiger partial charge in [0.2, 0.25) is 0 Å². The fraction of sp³-hybridized carbons (Fsp3) is 0.500. The largest absolute Gasteiger partial charge is 0.324 e. The van der Waals surface area contributed by atoms with E-state index >= 15 is 0 Å². The molecule has 0 amide bonds. The van der Waals surface area contributed by atoms with Crippen LogP contribution in [0.1, 0.15) is 37.3 Å². The second-order valence-electron chi connectivity index (χ2n) is 5.64. The van der Waals surface area contributed by atoms with Crippen LogP contribution in [0.2, 0.25) is 0 Å². The number of rotatable bonds is 3. The van der Waals surface area contributed by atoms with E-state index in [0.717, 1.165) is 25.7 Å². The highest BCUT2D eigenvalue weighted by molar-refractivity contribution is 7.63. The molecule has 0 aromatic heterocycles. The van der Waals surface area contributed by atoms with E-state index in [2.05, 4.69) is 37.3 Å². The Labute approximate surface area is 111 Å². The van der Waals surface area contributed by atoms with Crippen LogP contribution < -0.4 is 0 Å². The molecule has 1 aliphatic rings. The van der Waals surface area contributed by atoms with Gasteiger partial charge in [-0.05, 0) is 55.7 Å². The molecule has 0 aliphatic heterocycles. The zero-order valence-corrected chi connectivity index (χ0v) is 12.5. The van der Waals surface area contributed by atoms with Crippen molar-refractivity contribution in [3.05, 3.63) is 41.5 Å². The first kappa shape index (κ1) is 13.6. The maximum absolute atomic E-state index is 12.1. The first-order chi connectivity index (χ1) is 8.50. The van der Waals surface area contributed by atoms with Gasteiger partial charge in [0.05, 0.1) is 7.14 Å². The van der Waals surface area contributed by atoms with Gasteiger partial charge in [0.1, 0.15) is 0 Å². The average molecular weight is 262 g/mol. The molecule has 1 unspecified atom stereocenters. The number of aryl methyl sites for hydroxylation is 1. The quantitative estimate of drug-likeness (QED) is 0.714. The summed E-state index contributed by atoms with van der Waals surface area (Å²) < 4.78 is 12.1. The van der Waals surface area contributed by atoms with Crippen molar-refractivity contribution < 1.29 is 4.57 Å². The molecule has 0 saturated heterocycles. The van der Waals surface area contributed by atoms with E-state index in [1.807, 2.05) is 13.3 Å². The molecule has 0 heterocycles. The van der Waals surface area contributed by atoms with Gasteiger partial charge in [0.25, 0.3) is 0 Å². The molecule has 2 heteroatoms. The van der Waals surface area contributed by atoms with Crippen LogP contribution in [0.15, 0.2) is 30.3 Å². The summed E-state index contributed by atoms with van der Waals surface area (Å²) in [5.74, 6) is 0. The Morgan fingerprint density at radius 1 is 1.22 bits per heavy atom. The Bertz CT molecular complexity index is 478. The van der Waals surface area contributed by atoms with E-state index in [-0.39, 0.29) is 0 Å². The van der Waals surface area contributed by atoms with Crippen LogP contribution in [-0.4, -0.2) is 19.0 Å². The lowest BCUT2D eigenvalue weighted by Gasteiger charge is -2.25. The minimum Gasteiger partial charge on any atom is -0.324 e. The van der Waals surface area contributed by atoms with Crippen LogP contribution in [0.25, 0.3) is 5.57 Å². The Balaban J connectivity index is 2.11. The Morgan fingerprint density at radius 2 is 1.89 bits per heavy atom. The first-order valence-corrected chi connectivity index (χ1v) is 9.50. The Kier molecular flexibility index (Phi) is 4.12. The van der Waals surface area contributed by atoms with Crippen molar-refractivity contribution in [3.8, 4) is 0 Å². The van der Waals surface area contributed by atoms with Crippen molar-refractivity contribution in [1.29, 1.82) is 0 Å². The van der Waals surface area contributed by atoms with Crippen LogP contribution in [0.4, 0.5) is 0 Å². The van der Waals surface area contributed by atoms with Gasteiger partial charge < -0.3 is 4.57 Å². The molecule has 0 N–H and O–H groups in total. The van der Waals surface area contributed by atoms with E-state index in [1.54, 1.807) is 0 Å². The molecule has 1 aliphatic carbocycles. The van der Waals surface area contributed by atoms with Crippen molar-refractivity contribution in [2.75, 3.05) is 13.3 Å². The SMILES string of the molecule is CCc1ccc(C2=CCC(P(C)(C)=O)CC2)cc1. The first-order valence-electron chi connectivity index (χ1n) is 6.83. The summed E-state index contributed by atoms with van der Waals surface area (Å²) in [5, 5.41) is 0. The molecule has 98 valence electrons. The van der Waals surface area contributed by atoms with Crippen molar-refractivity contribution in [2.45, 2.75) is 38.3 Å². The summed E-state index contributed by atoms with van der Waals surface area (Å²) in [7, 11) is -1.92. The summed E-state index contributed by atoms with van der Waals surface area (Å²) in [6, 6.07) is 8.88. The predicted octanol–water partition coefficient (Wildman–Crippen LogP) is 4.81. The predicted molar refractivity (Wildman–Crippen MR) is 80.9 cm³/mol. The summed E-state index contributed by atoms with van der Waals surface area (Å²) in [4.78, 5) is 0. The fourth-order valence-corrected chi connectivity index (χ4v) is 3.97. The molecule has 0 radical (unpaired) electrons. The molecular weight excluding hydrogens is 239 g/mol. The summed E-state index contributed by atoms with van der Waals surface area (Å²) in [6.45, 7) is 6.03. The van der Waals surface area contributed by atoms with Gasteiger partial charge in [0.15, 0.2) is 0 Å². The van der Waals surface area contributed by atoms with Crippen LogP contribution in [0.3, 0.4) is 0 Å². The molecular formula is C16H23OP. The van der Waals surface area contributed by atoms with Crippen molar-refractivity contribution in [1.82, 2.24) is 0 Å². The Morgan fingerprint density at radius 3 is 2.33 bits per heavy atom. The Hall–Kier alpha value is -0.810. The topological polar surface area (TPSA) is 17.1 Å². The molecule has 1 aromatic rings. The monoisotopic (exact) mass is 262 g/mol. The van der Waals surface area contributed by atoms with Crippen LogP contribution >= 0.6 is 7.14 Å². The van der Waals surface area contributed by atoms with Crippen LogP contribution in [0.5, 0.6) is 0 Å². The molecule has 1 aromatic carbocycles. The average Bonchev–Trinajstić information content (AvgIpc) is 2.38.